The SMILES string of the molecule is COC(=O)[C@H]1C[C@H](OC)CN1C(=O)Cc1ccc(NC(C)=O)cc1. The number of nitrogens with one attached hydrogen (secondary N) is 1. The smallest absolute Gasteiger partial charge is 0.328 e. The number of amides is 2. The number of carbonyl (C=O) groups is 3. The van der Waals surface area contributed by atoms with Gasteiger partial charge in [-0.2, -0.15) is 0 Å². The molecule has 2 rings (SSSR count). The van der Waals surface area contributed by atoms with Crippen molar-refractivity contribution in [1.29, 1.82) is 0 Å². The zero-order valence-electron chi connectivity index (χ0n) is 14.1. The Balaban J connectivity index is 2.04. The summed E-state index contributed by atoms with van der Waals surface area (Å²) >= 11 is 0. The van der Waals surface area contributed by atoms with Gasteiger partial charge in [-0.1, -0.05) is 12.1 Å². The van der Waals surface area contributed by atoms with Crippen molar-refractivity contribution in [2.24, 2.45) is 0 Å². The monoisotopic (exact) mass is 334 g/mol. The molecule has 1 heterocycles. The van der Waals surface area contributed by atoms with E-state index in [0.29, 0.717) is 18.7 Å². The molecule has 2 amide bonds. The highest BCUT2D eigenvalue weighted by atomic mass is 16.5. The summed E-state index contributed by atoms with van der Waals surface area (Å²) in [4.78, 5) is 37.0. The molecule has 0 aromatic heterocycles. The zero-order chi connectivity index (χ0) is 17.7. The van der Waals surface area contributed by atoms with Gasteiger partial charge in [-0.3, -0.25) is 9.59 Å². The third-order valence-electron chi connectivity index (χ3n) is 4.02. The van der Waals surface area contributed by atoms with E-state index in [0.717, 1.165) is 5.56 Å². The first-order chi connectivity index (χ1) is 11.4. The molecule has 0 unspecified atom stereocenters. The molecule has 1 fully saturated rings. The minimum Gasteiger partial charge on any atom is -0.467 e. The average Bonchev–Trinajstić information content (AvgIpc) is 3.00. The van der Waals surface area contributed by atoms with Crippen LogP contribution in [-0.4, -0.2) is 55.6 Å². The Bertz CT molecular complexity index is 614. The summed E-state index contributed by atoms with van der Waals surface area (Å²) < 4.78 is 10.1. The summed E-state index contributed by atoms with van der Waals surface area (Å²) in [5.74, 6) is -0.733. The number of nitrogens with zero attached hydrogens (tertiary/aromatic N) is 1. The molecule has 24 heavy (non-hydrogen) atoms. The first-order valence-electron chi connectivity index (χ1n) is 7.71. The van der Waals surface area contributed by atoms with Crippen molar-refractivity contribution in [3.05, 3.63) is 29.8 Å². The number of likely N-dealkylation sites (tertiary alicyclic amines) is 1. The molecule has 1 aliphatic rings. The summed E-state index contributed by atoms with van der Waals surface area (Å²) in [5.41, 5.74) is 1.48. The number of anilines is 1. The van der Waals surface area contributed by atoms with E-state index in [1.165, 1.54) is 18.9 Å². The van der Waals surface area contributed by atoms with E-state index in [1.54, 1.807) is 31.4 Å². The molecule has 0 spiro atoms. The van der Waals surface area contributed by atoms with E-state index >= 15 is 0 Å². The molecule has 1 N–H and O–H groups in total. The fourth-order valence-corrected chi connectivity index (χ4v) is 2.79. The number of esters is 1. The van der Waals surface area contributed by atoms with Crippen molar-refractivity contribution in [1.82, 2.24) is 4.90 Å². The minimum absolute atomic E-state index is 0.151. The molecule has 7 heteroatoms. The first-order valence-corrected chi connectivity index (χ1v) is 7.71. The van der Waals surface area contributed by atoms with Gasteiger partial charge in [0, 0.05) is 32.7 Å². The lowest BCUT2D eigenvalue weighted by Crippen LogP contribution is -2.42. The quantitative estimate of drug-likeness (QED) is 0.811. The van der Waals surface area contributed by atoms with E-state index in [9.17, 15) is 14.4 Å². The van der Waals surface area contributed by atoms with Crippen molar-refractivity contribution in [3.8, 4) is 0 Å². The van der Waals surface area contributed by atoms with Crippen LogP contribution in [0.15, 0.2) is 24.3 Å². The van der Waals surface area contributed by atoms with Gasteiger partial charge in [0.25, 0.3) is 0 Å². The molecule has 0 aliphatic carbocycles. The Morgan fingerprint density at radius 1 is 1.21 bits per heavy atom. The maximum Gasteiger partial charge on any atom is 0.328 e. The number of ether oxygens (including phenoxy) is 2. The molecule has 1 saturated heterocycles. The van der Waals surface area contributed by atoms with Gasteiger partial charge in [0.15, 0.2) is 0 Å². The molecule has 7 nitrogen and oxygen atoms in total. The van der Waals surface area contributed by atoms with E-state index in [2.05, 4.69) is 5.32 Å². The van der Waals surface area contributed by atoms with Crippen LogP contribution in [0.5, 0.6) is 0 Å². The van der Waals surface area contributed by atoms with Crippen molar-refractivity contribution in [2.45, 2.75) is 31.9 Å². The van der Waals surface area contributed by atoms with Gasteiger partial charge in [0.2, 0.25) is 11.8 Å². The Kier molecular flexibility index (Phi) is 5.92. The number of carbonyl (C=O) groups excluding carboxylic acids is 3. The Labute approximate surface area is 140 Å². The third kappa shape index (κ3) is 4.32. The maximum absolute atomic E-state index is 12.6. The van der Waals surface area contributed by atoms with E-state index in [-0.39, 0.29) is 24.3 Å². The number of rotatable bonds is 5. The summed E-state index contributed by atoms with van der Waals surface area (Å²) in [7, 11) is 2.87. The molecule has 1 aliphatic heterocycles. The predicted molar refractivity (Wildman–Crippen MR) is 87.4 cm³/mol. The van der Waals surface area contributed by atoms with E-state index in [4.69, 9.17) is 9.47 Å². The largest absolute Gasteiger partial charge is 0.467 e. The lowest BCUT2D eigenvalue weighted by atomic mass is 10.1. The maximum atomic E-state index is 12.6. The van der Waals surface area contributed by atoms with Crippen molar-refractivity contribution >= 4 is 23.5 Å². The zero-order valence-corrected chi connectivity index (χ0v) is 14.1. The average molecular weight is 334 g/mol. The second-order valence-electron chi connectivity index (χ2n) is 5.73. The second kappa shape index (κ2) is 7.92. The highest BCUT2D eigenvalue weighted by Gasteiger charge is 2.40. The van der Waals surface area contributed by atoms with Crippen molar-refractivity contribution in [3.63, 3.8) is 0 Å². The van der Waals surface area contributed by atoms with Gasteiger partial charge in [-0.15, -0.1) is 0 Å². The molecule has 1 aromatic carbocycles. The Morgan fingerprint density at radius 3 is 2.42 bits per heavy atom. The lowest BCUT2D eigenvalue weighted by Gasteiger charge is -2.22. The standard InChI is InChI=1S/C17H22N2O5/c1-11(20)18-13-6-4-12(5-7-13)8-16(21)19-10-14(23-2)9-15(19)17(22)24-3/h4-7,14-15H,8-10H2,1-3H3,(H,18,20)/t14-,15+/m0/s1. The number of hydrogen-bond donors (Lipinski definition) is 1. The molecule has 1 aromatic rings. The summed E-state index contributed by atoms with van der Waals surface area (Å²) in [6, 6.07) is 6.43. The van der Waals surface area contributed by atoms with Gasteiger partial charge in [0.1, 0.15) is 6.04 Å². The van der Waals surface area contributed by atoms with E-state index in [1.807, 2.05) is 0 Å². The van der Waals surface area contributed by atoms with Crippen LogP contribution in [0.1, 0.15) is 18.9 Å². The van der Waals surface area contributed by atoms with E-state index < -0.39 is 12.0 Å². The summed E-state index contributed by atoms with van der Waals surface area (Å²) in [6.07, 6.45) is 0.445. The van der Waals surface area contributed by atoms with Gasteiger partial charge in [-0.25, -0.2) is 4.79 Å². The van der Waals surface area contributed by atoms with Gasteiger partial charge in [-0.05, 0) is 17.7 Å². The topological polar surface area (TPSA) is 84.9 Å². The van der Waals surface area contributed by atoms with Gasteiger partial charge in [0.05, 0.1) is 19.6 Å². The number of benzene rings is 1. The van der Waals surface area contributed by atoms with Crippen LogP contribution >= 0.6 is 0 Å². The molecule has 0 saturated carbocycles. The third-order valence-corrected chi connectivity index (χ3v) is 4.02. The van der Waals surface area contributed by atoms with Crippen LogP contribution in [0, 0.1) is 0 Å². The molecule has 0 radical (unpaired) electrons. The van der Waals surface area contributed by atoms with Gasteiger partial charge >= 0.3 is 5.97 Å². The highest BCUT2D eigenvalue weighted by molar-refractivity contribution is 5.89. The molecule has 0 bridgehead atoms. The Morgan fingerprint density at radius 2 is 1.88 bits per heavy atom. The number of methoxy groups -OCH3 is 2. The summed E-state index contributed by atoms with van der Waals surface area (Å²) in [5, 5.41) is 2.67. The minimum atomic E-state index is -0.605. The molecule has 130 valence electrons. The summed E-state index contributed by atoms with van der Waals surface area (Å²) in [6.45, 7) is 1.81. The second-order valence-corrected chi connectivity index (χ2v) is 5.73. The molecular weight excluding hydrogens is 312 g/mol. The molecular formula is C17H22N2O5. The fraction of sp³-hybridized carbons (Fsp3) is 0.471. The Hall–Kier alpha value is -2.41. The van der Waals surface area contributed by atoms with Gasteiger partial charge < -0.3 is 19.7 Å². The van der Waals surface area contributed by atoms with Crippen LogP contribution in [0.3, 0.4) is 0 Å². The van der Waals surface area contributed by atoms with Crippen molar-refractivity contribution < 1.29 is 23.9 Å². The molecule has 2 atom stereocenters. The number of hydrogen-bond acceptors (Lipinski definition) is 5. The van der Waals surface area contributed by atoms with Crippen LogP contribution in [0.4, 0.5) is 5.69 Å². The van der Waals surface area contributed by atoms with Crippen LogP contribution in [0.2, 0.25) is 0 Å². The predicted octanol–water partition coefficient (Wildman–Crippen LogP) is 0.976. The fourth-order valence-electron chi connectivity index (χ4n) is 2.79. The van der Waals surface area contributed by atoms with Crippen molar-refractivity contribution in [2.75, 3.05) is 26.1 Å². The van der Waals surface area contributed by atoms with Crippen LogP contribution in [0.25, 0.3) is 0 Å². The highest BCUT2D eigenvalue weighted by Crippen LogP contribution is 2.22. The van der Waals surface area contributed by atoms with Crippen LogP contribution < -0.4 is 5.32 Å². The van der Waals surface area contributed by atoms with Crippen LogP contribution in [-0.2, 0) is 30.3 Å². The first kappa shape index (κ1) is 17.9. The lowest BCUT2D eigenvalue weighted by molar-refractivity contribution is -0.150. The normalized spacial score (nSPS) is 19.9.